The number of nitro benzene ring substituents is 1. The highest BCUT2D eigenvalue weighted by molar-refractivity contribution is 14.1. The summed E-state index contributed by atoms with van der Waals surface area (Å²) in [6.45, 7) is 0.411. The second kappa shape index (κ2) is 8.20. The molecule has 126 valence electrons. The molecular formula is C17H18IN3O3. The van der Waals surface area contributed by atoms with Crippen LogP contribution < -0.4 is 5.32 Å². The molecule has 24 heavy (non-hydrogen) atoms. The van der Waals surface area contributed by atoms with Gasteiger partial charge in [-0.15, -0.1) is 0 Å². The van der Waals surface area contributed by atoms with E-state index in [1.165, 1.54) is 12.1 Å². The fourth-order valence-corrected chi connectivity index (χ4v) is 2.94. The summed E-state index contributed by atoms with van der Waals surface area (Å²) in [5.41, 5.74) is 1.32. The van der Waals surface area contributed by atoms with E-state index in [1.54, 1.807) is 6.07 Å². The van der Waals surface area contributed by atoms with Crippen molar-refractivity contribution in [2.45, 2.75) is 6.04 Å². The van der Waals surface area contributed by atoms with Gasteiger partial charge >= 0.3 is 0 Å². The van der Waals surface area contributed by atoms with Gasteiger partial charge in [0, 0.05) is 22.2 Å². The van der Waals surface area contributed by atoms with Crippen LogP contribution in [0.1, 0.15) is 22.0 Å². The summed E-state index contributed by atoms with van der Waals surface area (Å²) in [6.07, 6.45) is 0. The number of likely N-dealkylation sites (N-methyl/N-ethyl adjacent to an activating group) is 1. The average Bonchev–Trinajstić information content (AvgIpc) is 2.55. The number of halogens is 1. The van der Waals surface area contributed by atoms with Gasteiger partial charge in [-0.3, -0.25) is 14.9 Å². The van der Waals surface area contributed by atoms with Gasteiger partial charge in [-0.2, -0.15) is 0 Å². The minimum Gasteiger partial charge on any atom is -0.350 e. The molecule has 0 aliphatic carbocycles. The highest BCUT2D eigenvalue weighted by atomic mass is 127. The zero-order chi connectivity index (χ0) is 17.7. The quantitative estimate of drug-likeness (QED) is 0.426. The SMILES string of the molecule is CN(C)C(CNC(=O)c1cc([N+](=O)[O-])ccc1I)c1ccccc1. The van der Waals surface area contributed by atoms with Crippen molar-refractivity contribution < 1.29 is 9.72 Å². The number of nitrogens with zero attached hydrogens (tertiary/aromatic N) is 2. The molecule has 1 N–H and O–H groups in total. The molecule has 1 atom stereocenters. The lowest BCUT2D eigenvalue weighted by Gasteiger charge is -2.25. The third-order valence-corrected chi connectivity index (χ3v) is 4.61. The first kappa shape index (κ1) is 18.3. The van der Waals surface area contributed by atoms with Gasteiger partial charge in [0.05, 0.1) is 16.5 Å². The maximum absolute atomic E-state index is 12.4. The van der Waals surface area contributed by atoms with Gasteiger partial charge < -0.3 is 10.2 Å². The van der Waals surface area contributed by atoms with E-state index in [0.717, 1.165) is 5.56 Å². The highest BCUT2D eigenvalue weighted by Crippen LogP contribution is 2.21. The van der Waals surface area contributed by atoms with Crippen LogP contribution in [0.15, 0.2) is 48.5 Å². The van der Waals surface area contributed by atoms with Crippen LogP contribution in [0.2, 0.25) is 0 Å². The normalized spacial score (nSPS) is 12.0. The van der Waals surface area contributed by atoms with E-state index in [9.17, 15) is 14.9 Å². The topological polar surface area (TPSA) is 75.5 Å². The van der Waals surface area contributed by atoms with E-state index in [0.29, 0.717) is 15.7 Å². The third-order valence-electron chi connectivity index (χ3n) is 3.67. The number of carbonyl (C=O) groups excluding carboxylic acids is 1. The Labute approximate surface area is 154 Å². The molecule has 2 aromatic rings. The molecule has 0 bridgehead atoms. The molecule has 0 spiro atoms. The van der Waals surface area contributed by atoms with Crippen LogP contribution in [0.5, 0.6) is 0 Å². The summed E-state index contributed by atoms with van der Waals surface area (Å²) >= 11 is 2.00. The summed E-state index contributed by atoms with van der Waals surface area (Å²) in [4.78, 5) is 24.9. The average molecular weight is 439 g/mol. The number of carbonyl (C=O) groups is 1. The Bertz CT molecular complexity index is 735. The van der Waals surface area contributed by atoms with E-state index in [1.807, 2.05) is 71.9 Å². The molecule has 0 fully saturated rings. The Kier molecular flexibility index (Phi) is 6.27. The summed E-state index contributed by atoms with van der Waals surface area (Å²) in [6, 6.07) is 14.2. The molecule has 2 rings (SSSR count). The number of non-ortho nitro benzene ring substituents is 1. The summed E-state index contributed by atoms with van der Waals surface area (Å²) in [5.74, 6) is -0.314. The van der Waals surface area contributed by atoms with Crippen molar-refractivity contribution in [3.8, 4) is 0 Å². The largest absolute Gasteiger partial charge is 0.350 e. The number of amides is 1. The van der Waals surface area contributed by atoms with Crippen molar-refractivity contribution in [2.75, 3.05) is 20.6 Å². The molecule has 0 aliphatic rings. The second-order valence-corrected chi connectivity index (χ2v) is 6.68. The maximum atomic E-state index is 12.4. The van der Waals surface area contributed by atoms with Crippen LogP contribution in [-0.4, -0.2) is 36.4 Å². The van der Waals surface area contributed by atoms with Crippen LogP contribution in [0.25, 0.3) is 0 Å². The van der Waals surface area contributed by atoms with Crippen LogP contribution >= 0.6 is 22.6 Å². The first-order valence-corrected chi connectivity index (χ1v) is 8.41. The summed E-state index contributed by atoms with van der Waals surface area (Å²) < 4.78 is 0.678. The van der Waals surface area contributed by atoms with Crippen molar-refractivity contribution in [3.05, 3.63) is 73.3 Å². The fourth-order valence-electron chi connectivity index (χ4n) is 2.36. The molecule has 0 saturated carbocycles. The highest BCUT2D eigenvalue weighted by Gasteiger charge is 2.18. The number of nitro groups is 1. The zero-order valence-corrected chi connectivity index (χ0v) is 15.6. The van der Waals surface area contributed by atoms with Crippen molar-refractivity contribution in [2.24, 2.45) is 0 Å². The van der Waals surface area contributed by atoms with E-state index in [4.69, 9.17) is 0 Å². The van der Waals surface area contributed by atoms with Gasteiger partial charge in [-0.25, -0.2) is 0 Å². The summed E-state index contributed by atoms with van der Waals surface area (Å²) in [7, 11) is 3.89. The molecule has 6 nitrogen and oxygen atoms in total. The number of benzene rings is 2. The molecule has 1 unspecified atom stereocenters. The fraction of sp³-hybridized carbons (Fsp3) is 0.235. The van der Waals surface area contributed by atoms with E-state index in [2.05, 4.69) is 5.32 Å². The predicted molar refractivity (Wildman–Crippen MR) is 101 cm³/mol. The molecule has 0 heterocycles. The summed E-state index contributed by atoms with van der Waals surface area (Å²) in [5, 5.41) is 13.8. The molecule has 1 amide bonds. The number of rotatable bonds is 6. The van der Waals surface area contributed by atoms with Gasteiger partial charge in [0.25, 0.3) is 11.6 Å². The van der Waals surface area contributed by atoms with Crippen molar-refractivity contribution in [1.82, 2.24) is 10.2 Å². The van der Waals surface area contributed by atoms with Gasteiger partial charge in [0.1, 0.15) is 0 Å². The Balaban J connectivity index is 2.14. The van der Waals surface area contributed by atoms with Gasteiger partial charge in [0.15, 0.2) is 0 Å². The Morgan fingerprint density at radius 3 is 2.50 bits per heavy atom. The van der Waals surface area contributed by atoms with Gasteiger partial charge in [-0.1, -0.05) is 30.3 Å². The Morgan fingerprint density at radius 1 is 1.25 bits per heavy atom. The lowest BCUT2D eigenvalue weighted by molar-refractivity contribution is -0.384. The number of hydrogen-bond donors (Lipinski definition) is 1. The lowest BCUT2D eigenvalue weighted by atomic mass is 10.1. The van der Waals surface area contributed by atoms with Crippen molar-refractivity contribution in [3.63, 3.8) is 0 Å². The maximum Gasteiger partial charge on any atom is 0.270 e. The molecule has 0 aromatic heterocycles. The van der Waals surface area contributed by atoms with E-state index in [-0.39, 0.29) is 17.6 Å². The molecule has 0 radical (unpaired) electrons. The van der Waals surface area contributed by atoms with E-state index < -0.39 is 4.92 Å². The molecule has 7 heteroatoms. The zero-order valence-electron chi connectivity index (χ0n) is 13.4. The number of nitrogens with one attached hydrogen (secondary N) is 1. The monoisotopic (exact) mass is 439 g/mol. The van der Waals surface area contributed by atoms with Crippen molar-refractivity contribution >= 4 is 34.2 Å². The Hall–Kier alpha value is -2.00. The smallest absolute Gasteiger partial charge is 0.270 e. The van der Waals surface area contributed by atoms with Crippen LogP contribution in [0.4, 0.5) is 5.69 Å². The minimum absolute atomic E-state index is 0.0199. The molecule has 0 saturated heterocycles. The molecular weight excluding hydrogens is 421 g/mol. The standard InChI is InChI=1S/C17H18IN3O3/c1-20(2)16(12-6-4-3-5-7-12)11-19-17(22)14-10-13(21(23)24)8-9-15(14)18/h3-10,16H,11H2,1-2H3,(H,19,22). The molecule has 2 aromatic carbocycles. The van der Waals surface area contributed by atoms with Crippen molar-refractivity contribution in [1.29, 1.82) is 0 Å². The minimum atomic E-state index is -0.501. The molecule has 0 aliphatic heterocycles. The first-order valence-electron chi connectivity index (χ1n) is 7.33. The van der Waals surface area contributed by atoms with Crippen LogP contribution in [-0.2, 0) is 0 Å². The van der Waals surface area contributed by atoms with Gasteiger partial charge in [-0.05, 0) is 48.3 Å². The third kappa shape index (κ3) is 4.51. The van der Waals surface area contributed by atoms with Crippen LogP contribution in [0.3, 0.4) is 0 Å². The second-order valence-electron chi connectivity index (χ2n) is 5.52. The van der Waals surface area contributed by atoms with E-state index >= 15 is 0 Å². The lowest BCUT2D eigenvalue weighted by Crippen LogP contribution is -2.34. The van der Waals surface area contributed by atoms with Gasteiger partial charge in [0.2, 0.25) is 0 Å². The Morgan fingerprint density at radius 2 is 1.92 bits per heavy atom. The van der Waals surface area contributed by atoms with Crippen LogP contribution in [0, 0.1) is 13.7 Å². The first-order chi connectivity index (χ1) is 11.4. The number of hydrogen-bond acceptors (Lipinski definition) is 4. The predicted octanol–water partition coefficient (Wildman–Crippen LogP) is 3.23.